The van der Waals surface area contributed by atoms with Crippen molar-refractivity contribution < 1.29 is 13.2 Å². The first-order valence-corrected chi connectivity index (χ1v) is 4.58. The van der Waals surface area contributed by atoms with Crippen LogP contribution in [0.5, 0.6) is 0 Å². The largest absolute Gasteiger partial charge is 0.330 e. The van der Waals surface area contributed by atoms with Crippen LogP contribution in [-0.4, -0.2) is 6.54 Å². The lowest BCUT2D eigenvalue weighted by atomic mass is 10.1. The van der Waals surface area contributed by atoms with Gasteiger partial charge in [0.05, 0.1) is 0 Å². The Morgan fingerprint density at radius 1 is 1.27 bits per heavy atom. The summed E-state index contributed by atoms with van der Waals surface area (Å²) in [5, 5.41) is 0. The second kappa shape index (κ2) is 4.98. The summed E-state index contributed by atoms with van der Waals surface area (Å²) in [6.07, 6.45) is 2.26. The van der Waals surface area contributed by atoms with Crippen LogP contribution in [0.15, 0.2) is 18.2 Å². The molecular weight excluding hydrogens is 203 g/mol. The minimum atomic E-state index is -1.44. The fourth-order valence-corrected chi connectivity index (χ4v) is 1.24. The molecule has 0 bridgehead atoms. The van der Waals surface area contributed by atoms with E-state index in [1.807, 2.05) is 0 Å². The zero-order valence-corrected chi connectivity index (χ0v) is 8.36. The lowest BCUT2D eigenvalue weighted by molar-refractivity contribution is 0.445. The van der Waals surface area contributed by atoms with Crippen molar-refractivity contribution in [3.63, 3.8) is 0 Å². The van der Waals surface area contributed by atoms with Gasteiger partial charge in [-0.1, -0.05) is 6.08 Å². The van der Waals surface area contributed by atoms with Gasteiger partial charge in [-0.2, -0.15) is 0 Å². The van der Waals surface area contributed by atoms with Gasteiger partial charge in [-0.3, -0.25) is 0 Å². The lowest BCUT2D eigenvalue weighted by Crippen LogP contribution is -1.98. The molecule has 1 aromatic carbocycles. The molecule has 82 valence electrons. The summed E-state index contributed by atoms with van der Waals surface area (Å²) >= 11 is 0. The Morgan fingerprint density at radius 2 is 1.93 bits per heavy atom. The van der Waals surface area contributed by atoms with Gasteiger partial charge in [0, 0.05) is 5.56 Å². The molecule has 0 aliphatic heterocycles. The number of allylic oxidation sites excluding steroid dienone is 1. The van der Waals surface area contributed by atoms with Gasteiger partial charge in [-0.25, -0.2) is 13.2 Å². The Morgan fingerprint density at radius 3 is 2.53 bits per heavy atom. The topological polar surface area (TPSA) is 26.0 Å². The highest BCUT2D eigenvalue weighted by molar-refractivity contribution is 5.64. The molecule has 1 nitrogen and oxygen atoms in total. The van der Waals surface area contributed by atoms with Gasteiger partial charge < -0.3 is 5.73 Å². The van der Waals surface area contributed by atoms with Crippen molar-refractivity contribution in [2.24, 2.45) is 5.73 Å². The Bertz CT molecular complexity index is 386. The van der Waals surface area contributed by atoms with Crippen molar-refractivity contribution in [1.29, 1.82) is 0 Å². The predicted molar refractivity (Wildman–Crippen MR) is 53.6 cm³/mol. The zero-order chi connectivity index (χ0) is 11.4. The minimum Gasteiger partial charge on any atom is -0.330 e. The first kappa shape index (κ1) is 11.8. The van der Waals surface area contributed by atoms with Crippen molar-refractivity contribution in [1.82, 2.24) is 0 Å². The molecule has 0 atom stereocenters. The van der Waals surface area contributed by atoms with Crippen LogP contribution in [0.1, 0.15) is 18.9 Å². The quantitative estimate of drug-likeness (QED) is 0.771. The van der Waals surface area contributed by atoms with Gasteiger partial charge >= 0.3 is 0 Å². The van der Waals surface area contributed by atoms with Crippen LogP contribution in [0.4, 0.5) is 13.2 Å². The van der Waals surface area contributed by atoms with E-state index in [1.165, 1.54) is 6.07 Å². The first-order chi connectivity index (χ1) is 7.07. The van der Waals surface area contributed by atoms with Gasteiger partial charge in [0.1, 0.15) is 0 Å². The maximum atomic E-state index is 13.3. The van der Waals surface area contributed by atoms with Crippen LogP contribution < -0.4 is 5.73 Å². The van der Waals surface area contributed by atoms with Gasteiger partial charge in [0.2, 0.25) is 0 Å². The van der Waals surface area contributed by atoms with E-state index in [0.29, 0.717) is 18.5 Å². The SMILES string of the molecule is CC(=CCCN)c1ccc(F)c(F)c1F. The summed E-state index contributed by atoms with van der Waals surface area (Å²) < 4.78 is 38.7. The Kier molecular flexibility index (Phi) is 3.91. The molecule has 0 spiro atoms. The highest BCUT2D eigenvalue weighted by Gasteiger charge is 2.13. The summed E-state index contributed by atoms with van der Waals surface area (Å²) in [6, 6.07) is 2.13. The molecule has 0 heterocycles. The van der Waals surface area contributed by atoms with E-state index in [9.17, 15) is 13.2 Å². The predicted octanol–water partition coefficient (Wildman–Crippen LogP) is 2.86. The Labute approximate surface area is 86.4 Å². The van der Waals surface area contributed by atoms with E-state index in [2.05, 4.69) is 0 Å². The van der Waals surface area contributed by atoms with Crippen LogP contribution in [0, 0.1) is 17.5 Å². The molecule has 0 saturated carbocycles. The van der Waals surface area contributed by atoms with E-state index in [4.69, 9.17) is 5.73 Å². The molecule has 2 N–H and O–H groups in total. The number of rotatable bonds is 3. The van der Waals surface area contributed by atoms with Crippen LogP contribution >= 0.6 is 0 Å². The second-order valence-corrected chi connectivity index (χ2v) is 3.19. The second-order valence-electron chi connectivity index (χ2n) is 3.19. The molecule has 0 unspecified atom stereocenters. The standard InChI is InChI=1S/C11H12F3N/c1-7(3-2-6-15)8-4-5-9(12)11(14)10(8)13/h3-5H,2,6,15H2,1H3. The van der Waals surface area contributed by atoms with Gasteiger partial charge in [0.15, 0.2) is 17.5 Å². The van der Waals surface area contributed by atoms with Crippen molar-refractivity contribution in [3.05, 3.63) is 41.2 Å². The lowest BCUT2D eigenvalue weighted by Gasteiger charge is -2.04. The molecular formula is C11H12F3N. The molecule has 0 amide bonds. The Hall–Kier alpha value is -1.29. The molecule has 1 rings (SSSR count). The van der Waals surface area contributed by atoms with Gasteiger partial charge in [0.25, 0.3) is 0 Å². The summed E-state index contributed by atoms with van der Waals surface area (Å²) in [5.41, 5.74) is 5.90. The molecule has 0 aliphatic rings. The monoisotopic (exact) mass is 215 g/mol. The molecule has 15 heavy (non-hydrogen) atoms. The fraction of sp³-hybridized carbons (Fsp3) is 0.273. The van der Waals surface area contributed by atoms with Crippen LogP contribution in [0.2, 0.25) is 0 Å². The van der Waals surface area contributed by atoms with Crippen molar-refractivity contribution in [3.8, 4) is 0 Å². The number of benzene rings is 1. The Balaban J connectivity index is 3.10. The van der Waals surface area contributed by atoms with E-state index in [1.54, 1.807) is 13.0 Å². The number of nitrogens with two attached hydrogens (primary N) is 1. The van der Waals surface area contributed by atoms with Crippen molar-refractivity contribution in [2.75, 3.05) is 6.54 Å². The number of hydrogen-bond acceptors (Lipinski definition) is 1. The van der Waals surface area contributed by atoms with Crippen LogP contribution in [-0.2, 0) is 0 Å². The van der Waals surface area contributed by atoms with E-state index < -0.39 is 17.5 Å². The summed E-state index contributed by atoms with van der Waals surface area (Å²) in [4.78, 5) is 0. The summed E-state index contributed by atoms with van der Waals surface area (Å²) in [5.74, 6) is -3.77. The van der Waals surface area contributed by atoms with Gasteiger partial charge in [-0.15, -0.1) is 0 Å². The molecule has 0 aliphatic carbocycles. The number of hydrogen-bond donors (Lipinski definition) is 1. The third-order valence-corrected chi connectivity index (χ3v) is 2.08. The maximum Gasteiger partial charge on any atom is 0.195 e. The summed E-state index contributed by atoms with van der Waals surface area (Å²) in [7, 11) is 0. The number of halogens is 3. The molecule has 4 heteroatoms. The van der Waals surface area contributed by atoms with Crippen LogP contribution in [0.25, 0.3) is 5.57 Å². The minimum absolute atomic E-state index is 0.0716. The van der Waals surface area contributed by atoms with Gasteiger partial charge in [-0.05, 0) is 37.6 Å². The fourth-order valence-electron chi connectivity index (χ4n) is 1.24. The van der Waals surface area contributed by atoms with E-state index in [-0.39, 0.29) is 5.56 Å². The van der Waals surface area contributed by atoms with Crippen LogP contribution in [0.3, 0.4) is 0 Å². The molecule has 0 aromatic heterocycles. The van der Waals surface area contributed by atoms with Crippen molar-refractivity contribution in [2.45, 2.75) is 13.3 Å². The third kappa shape index (κ3) is 2.59. The smallest absolute Gasteiger partial charge is 0.195 e. The molecule has 0 fully saturated rings. The first-order valence-electron chi connectivity index (χ1n) is 4.58. The molecule has 1 aromatic rings. The molecule has 0 radical (unpaired) electrons. The van der Waals surface area contributed by atoms with E-state index in [0.717, 1.165) is 6.07 Å². The average Bonchev–Trinajstić information content (AvgIpc) is 2.23. The average molecular weight is 215 g/mol. The summed E-state index contributed by atoms with van der Waals surface area (Å²) in [6.45, 7) is 2.06. The normalized spacial score (nSPS) is 11.9. The molecule has 0 saturated heterocycles. The maximum absolute atomic E-state index is 13.3. The zero-order valence-electron chi connectivity index (χ0n) is 8.36. The highest BCUT2D eigenvalue weighted by Crippen LogP contribution is 2.22. The highest BCUT2D eigenvalue weighted by atomic mass is 19.2. The third-order valence-electron chi connectivity index (χ3n) is 2.08. The van der Waals surface area contributed by atoms with Crippen molar-refractivity contribution >= 4 is 5.57 Å². The van der Waals surface area contributed by atoms with E-state index >= 15 is 0 Å².